The Labute approximate surface area is 101 Å². The SMILES string of the molecule is O=c1cc(Cn2ccnc2)c2ccc(F)cc2o1. The molecule has 3 aromatic rings. The van der Waals surface area contributed by atoms with Crippen molar-refractivity contribution < 1.29 is 8.81 Å². The van der Waals surface area contributed by atoms with Gasteiger partial charge in [-0.15, -0.1) is 0 Å². The van der Waals surface area contributed by atoms with Gasteiger partial charge >= 0.3 is 5.63 Å². The summed E-state index contributed by atoms with van der Waals surface area (Å²) < 4.78 is 19.9. The molecule has 0 saturated carbocycles. The standard InChI is InChI=1S/C13H9FN2O2/c14-10-1-2-11-9(7-16-4-3-15-8-16)5-13(17)18-12(11)6-10/h1-6,8H,7H2. The number of imidazole rings is 1. The van der Waals surface area contributed by atoms with Crippen molar-refractivity contribution in [3.05, 3.63) is 64.8 Å². The van der Waals surface area contributed by atoms with Gasteiger partial charge in [0.2, 0.25) is 0 Å². The number of halogens is 1. The molecule has 0 aliphatic rings. The van der Waals surface area contributed by atoms with Gasteiger partial charge < -0.3 is 8.98 Å². The molecule has 5 heteroatoms. The second-order valence-corrected chi connectivity index (χ2v) is 3.97. The van der Waals surface area contributed by atoms with E-state index in [1.807, 2.05) is 4.57 Å². The fourth-order valence-electron chi connectivity index (χ4n) is 1.91. The van der Waals surface area contributed by atoms with Gasteiger partial charge in [-0.05, 0) is 17.7 Å². The van der Waals surface area contributed by atoms with E-state index in [4.69, 9.17) is 4.42 Å². The van der Waals surface area contributed by atoms with Gasteiger partial charge in [-0.3, -0.25) is 0 Å². The van der Waals surface area contributed by atoms with E-state index in [1.54, 1.807) is 24.8 Å². The molecule has 90 valence electrons. The summed E-state index contributed by atoms with van der Waals surface area (Å²) in [5.41, 5.74) is 0.556. The van der Waals surface area contributed by atoms with Gasteiger partial charge in [0, 0.05) is 36.5 Å². The largest absolute Gasteiger partial charge is 0.423 e. The van der Waals surface area contributed by atoms with Gasteiger partial charge in [-0.25, -0.2) is 14.2 Å². The highest BCUT2D eigenvalue weighted by molar-refractivity contribution is 5.80. The fourth-order valence-corrected chi connectivity index (χ4v) is 1.91. The molecule has 2 heterocycles. The van der Waals surface area contributed by atoms with Crippen LogP contribution < -0.4 is 5.63 Å². The van der Waals surface area contributed by atoms with Crippen LogP contribution in [0.1, 0.15) is 5.56 Å². The lowest BCUT2D eigenvalue weighted by atomic mass is 10.1. The van der Waals surface area contributed by atoms with Crippen molar-refractivity contribution in [3.8, 4) is 0 Å². The molecular formula is C13H9FN2O2. The normalized spacial score (nSPS) is 10.9. The van der Waals surface area contributed by atoms with Crippen LogP contribution in [0.4, 0.5) is 4.39 Å². The summed E-state index contributed by atoms with van der Waals surface area (Å²) in [5, 5.41) is 0.727. The Morgan fingerprint density at radius 1 is 1.33 bits per heavy atom. The Morgan fingerprint density at radius 3 is 3.00 bits per heavy atom. The van der Waals surface area contributed by atoms with Crippen LogP contribution >= 0.6 is 0 Å². The zero-order valence-corrected chi connectivity index (χ0v) is 9.34. The molecule has 0 fully saturated rings. The molecule has 1 aromatic carbocycles. The average molecular weight is 244 g/mol. The summed E-state index contributed by atoms with van der Waals surface area (Å²) in [6.45, 7) is 0.494. The van der Waals surface area contributed by atoms with E-state index in [-0.39, 0.29) is 5.58 Å². The van der Waals surface area contributed by atoms with Crippen molar-refractivity contribution in [2.24, 2.45) is 0 Å². The second kappa shape index (κ2) is 4.10. The summed E-state index contributed by atoms with van der Waals surface area (Å²) in [6.07, 6.45) is 5.11. The maximum absolute atomic E-state index is 13.1. The number of nitrogens with zero attached hydrogens (tertiary/aromatic N) is 2. The molecule has 0 bridgehead atoms. The first-order valence-corrected chi connectivity index (χ1v) is 5.40. The maximum atomic E-state index is 13.1. The second-order valence-electron chi connectivity index (χ2n) is 3.97. The summed E-state index contributed by atoms with van der Waals surface area (Å²) in [7, 11) is 0. The third kappa shape index (κ3) is 1.90. The zero-order valence-electron chi connectivity index (χ0n) is 9.34. The molecule has 2 aromatic heterocycles. The van der Waals surface area contributed by atoms with E-state index < -0.39 is 11.4 Å². The number of fused-ring (bicyclic) bond motifs is 1. The van der Waals surface area contributed by atoms with Gasteiger partial charge in [0.05, 0.1) is 6.33 Å². The Bertz CT molecular complexity index is 747. The van der Waals surface area contributed by atoms with Gasteiger partial charge in [0.15, 0.2) is 0 Å². The van der Waals surface area contributed by atoms with Gasteiger partial charge in [0.25, 0.3) is 0 Å². The molecule has 0 aliphatic carbocycles. The van der Waals surface area contributed by atoms with Crippen molar-refractivity contribution >= 4 is 11.0 Å². The van der Waals surface area contributed by atoms with E-state index in [0.29, 0.717) is 6.54 Å². The highest BCUT2D eigenvalue weighted by Gasteiger charge is 2.07. The molecule has 0 aliphatic heterocycles. The first-order valence-electron chi connectivity index (χ1n) is 5.40. The van der Waals surface area contributed by atoms with Crippen LogP contribution in [0.5, 0.6) is 0 Å². The van der Waals surface area contributed by atoms with Gasteiger partial charge in [0.1, 0.15) is 11.4 Å². The number of hydrogen-bond acceptors (Lipinski definition) is 3. The molecule has 0 radical (unpaired) electrons. The number of benzene rings is 1. The maximum Gasteiger partial charge on any atom is 0.336 e. The lowest BCUT2D eigenvalue weighted by Crippen LogP contribution is -2.04. The lowest BCUT2D eigenvalue weighted by Gasteiger charge is -2.05. The van der Waals surface area contributed by atoms with Crippen LogP contribution in [-0.4, -0.2) is 9.55 Å². The minimum Gasteiger partial charge on any atom is -0.423 e. The van der Waals surface area contributed by atoms with Crippen molar-refractivity contribution in [2.75, 3.05) is 0 Å². The molecule has 0 saturated heterocycles. The zero-order chi connectivity index (χ0) is 12.5. The molecule has 18 heavy (non-hydrogen) atoms. The van der Waals surface area contributed by atoms with Crippen LogP contribution in [-0.2, 0) is 6.54 Å². The van der Waals surface area contributed by atoms with E-state index >= 15 is 0 Å². The highest BCUT2D eigenvalue weighted by Crippen LogP contribution is 2.18. The van der Waals surface area contributed by atoms with Crippen molar-refractivity contribution in [2.45, 2.75) is 6.54 Å². The summed E-state index contributed by atoms with van der Waals surface area (Å²) in [6, 6.07) is 5.59. The first-order chi connectivity index (χ1) is 8.72. The summed E-state index contributed by atoms with van der Waals surface area (Å²) in [5.74, 6) is -0.426. The van der Waals surface area contributed by atoms with Crippen LogP contribution in [0.3, 0.4) is 0 Å². The van der Waals surface area contributed by atoms with E-state index in [9.17, 15) is 9.18 Å². The summed E-state index contributed by atoms with van der Waals surface area (Å²) in [4.78, 5) is 15.4. The summed E-state index contributed by atoms with van der Waals surface area (Å²) >= 11 is 0. The molecule has 3 rings (SSSR count). The number of hydrogen-bond donors (Lipinski definition) is 0. The Hall–Kier alpha value is -2.43. The van der Waals surface area contributed by atoms with Crippen LogP contribution in [0, 0.1) is 5.82 Å². The monoisotopic (exact) mass is 244 g/mol. The molecule has 0 unspecified atom stereocenters. The quantitative estimate of drug-likeness (QED) is 0.649. The minimum absolute atomic E-state index is 0.262. The number of rotatable bonds is 2. The Morgan fingerprint density at radius 2 is 2.22 bits per heavy atom. The highest BCUT2D eigenvalue weighted by atomic mass is 19.1. The topological polar surface area (TPSA) is 48.0 Å². The predicted octanol–water partition coefficient (Wildman–Crippen LogP) is 2.18. The third-order valence-corrected chi connectivity index (χ3v) is 2.70. The molecule has 0 amide bonds. The molecule has 0 atom stereocenters. The predicted molar refractivity (Wildman–Crippen MR) is 63.8 cm³/mol. The van der Waals surface area contributed by atoms with Crippen LogP contribution in [0.2, 0.25) is 0 Å². The number of aromatic nitrogens is 2. The molecule has 0 N–H and O–H groups in total. The van der Waals surface area contributed by atoms with Gasteiger partial charge in [-0.2, -0.15) is 0 Å². The lowest BCUT2D eigenvalue weighted by molar-refractivity contribution is 0.551. The van der Waals surface area contributed by atoms with E-state index in [2.05, 4.69) is 4.98 Å². The average Bonchev–Trinajstić information content (AvgIpc) is 2.80. The van der Waals surface area contributed by atoms with Crippen LogP contribution in [0.15, 0.2) is 52.2 Å². The molecule has 0 spiro atoms. The van der Waals surface area contributed by atoms with E-state index in [0.717, 1.165) is 10.9 Å². The van der Waals surface area contributed by atoms with Crippen molar-refractivity contribution in [1.29, 1.82) is 0 Å². The molecular weight excluding hydrogens is 235 g/mol. The minimum atomic E-state index is -0.483. The van der Waals surface area contributed by atoms with Crippen LogP contribution in [0.25, 0.3) is 11.0 Å². The third-order valence-electron chi connectivity index (χ3n) is 2.70. The van der Waals surface area contributed by atoms with Gasteiger partial charge in [-0.1, -0.05) is 0 Å². The first kappa shape index (κ1) is 10.7. The van der Waals surface area contributed by atoms with Crippen molar-refractivity contribution in [1.82, 2.24) is 9.55 Å². The molecule has 4 nitrogen and oxygen atoms in total. The van der Waals surface area contributed by atoms with E-state index in [1.165, 1.54) is 18.2 Å². The fraction of sp³-hybridized carbons (Fsp3) is 0.0769. The smallest absolute Gasteiger partial charge is 0.336 e. The van der Waals surface area contributed by atoms with Crippen molar-refractivity contribution in [3.63, 3.8) is 0 Å². The Balaban J connectivity index is 2.18. The Kier molecular flexibility index (Phi) is 2.44.